The minimum Gasteiger partial charge on any atom is -0.481 e. The second-order valence-corrected chi connectivity index (χ2v) is 5.60. The van der Waals surface area contributed by atoms with E-state index in [1.165, 1.54) is 11.3 Å². The number of nitrogens with zero attached hydrogens (tertiary/aromatic N) is 1. The number of thiazole rings is 1. The summed E-state index contributed by atoms with van der Waals surface area (Å²) in [6, 6.07) is 0. The molecule has 100 valence electrons. The molecule has 0 fully saturated rings. The Bertz CT molecular complexity index is 436. The van der Waals surface area contributed by atoms with Crippen LogP contribution in [0.3, 0.4) is 0 Å². The van der Waals surface area contributed by atoms with Crippen molar-refractivity contribution in [2.24, 2.45) is 0 Å². The second kappa shape index (κ2) is 5.81. The smallest absolute Gasteiger partial charge is 0.408 e. The number of amides is 1. The Hall–Kier alpha value is -1.63. The highest BCUT2D eigenvalue weighted by atomic mass is 32.1. The Kier molecular flexibility index (Phi) is 4.66. The van der Waals surface area contributed by atoms with Gasteiger partial charge in [-0.3, -0.25) is 4.79 Å². The minimum atomic E-state index is -0.924. The van der Waals surface area contributed by atoms with Crippen LogP contribution in [0.1, 0.15) is 31.5 Å². The van der Waals surface area contributed by atoms with Crippen molar-refractivity contribution in [3.8, 4) is 0 Å². The topological polar surface area (TPSA) is 88.5 Å². The lowest BCUT2D eigenvalue weighted by Crippen LogP contribution is -2.32. The van der Waals surface area contributed by atoms with Gasteiger partial charge in [-0.05, 0) is 20.8 Å². The van der Waals surface area contributed by atoms with E-state index in [-0.39, 0.29) is 13.0 Å². The Balaban J connectivity index is 2.42. The van der Waals surface area contributed by atoms with Gasteiger partial charge >= 0.3 is 12.1 Å². The zero-order valence-electron chi connectivity index (χ0n) is 10.5. The van der Waals surface area contributed by atoms with Gasteiger partial charge in [-0.25, -0.2) is 9.78 Å². The number of carbonyl (C=O) groups excluding carboxylic acids is 1. The fraction of sp³-hybridized carbons (Fsp3) is 0.545. The lowest BCUT2D eigenvalue weighted by Gasteiger charge is -2.19. The van der Waals surface area contributed by atoms with Crippen molar-refractivity contribution in [3.63, 3.8) is 0 Å². The van der Waals surface area contributed by atoms with Crippen LogP contribution in [0, 0.1) is 0 Å². The fourth-order valence-corrected chi connectivity index (χ4v) is 1.86. The molecule has 0 aliphatic rings. The summed E-state index contributed by atoms with van der Waals surface area (Å²) in [5.74, 6) is -0.924. The number of ether oxygens (including phenoxy) is 1. The van der Waals surface area contributed by atoms with Crippen LogP contribution < -0.4 is 5.32 Å². The molecule has 1 aromatic heterocycles. The van der Waals surface area contributed by atoms with Crippen LogP contribution in [0.25, 0.3) is 0 Å². The molecule has 0 spiro atoms. The van der Waals surface area contributed by atoms with Gasteiger partial charge in [0.1, 0.15) is 10.6 Å². The number of nitrogens with one attached hydrogen (secondary N) is 1. The predicted octanol–water partition coefficient (Wildman–Crippen LogP) is 1.79. The number of alkyl carbamates (subject to hydrolysis) is 1. The third kappa shape index (κ3) is 5.62. The highest BCUT2D eigenvalue weighted by molar-refractivity contribution is 7.09. The second-order valence-electron chi connectivity index (χ2n) is 4.66. The van der Waals surface area contributed by atoms with Crippen molar-refractivity contribution < 1.29 is 19.4 Å². The van der Waals surface area contributed by atoms with Crippen LogP contribution in [0.5, 0.6) is 0 Å². The molecular weight excluding hydrogens is 256 g/mol. The molecule has 1 amide bonds. The first kappa shape index (κ1) is 14.4. The van der Waals surface area contributed by atoms with E-state index in [0.29, 0.717) is 10.7 Å². The van der Waals surface area contributed by atoms with Crippen LogP contribution in [0.2, 0.25) is 0 Å². The first-order valence-corrected chi connectivity index (χ1v) is 6.26. The van der Waals surface area contributed by atoms with E-state index >= 15 is 0 Å². The third-order valence-electron chi connectivity index (χ3n) is 1.71. The maximum atomic E-state index is 11.4. The molecule has 0 aliphatic heterocycles. The maximum Gasteiger partial charge on any atom is 0.408 e. The van der Waals surface area contributed by atoms with Gasteiger partial charge < -0.3 is 15.2 Å². The molecule has 18 heavy (non-hydrogen) atoms. The summed E-state index contributed by atoms with van der Waals surface area (Å²) >= 11 is 1.31. The highest BCUT2D eigenvalue weighted by Crippen LogP contribution is 2.11. The summed E-state index contributed by atoms with van der Waals surface area (Å²) < 4.78 is 5.06. The zero-order chi connectivity index (χ0) is 13.8. The van der Waals surface area contributed by atoms with Crippen LogP contribution in [0.15, 0.2) is 5.38 Å². The Morgan fingerprint density at radius 2 is 2.17 bits per heavy atom. The Morgan fingerprint density at radius 3 is 2.72 bits per heavy atom. The van der Waals surface area contributed by atoms with E-state index < -0.39 is 17.7 Å². The van der Waals surface area contributed by atoms with Crippen molar-refractivity contribution in [1.29, 1.82) is 0 Å². The largest absolute Gasteiger partial charge is 0.481 e. The van der Waals surface area contributed by atoms with E-state index in [0.717, 1.165) is 0 Å². The minimum absolute atomic E-state index is 0.108. The summed E-state index contributed by atoms with van der Waals surface area (Å²) in [6.45, 7) is 5.57. The fourth-order valence-electron chi connectivity index (χ4n) is 1.13. The molecule has 1 rings (SSSR count). The number of hydrogen-bond acceptors (Lipinski definition) is 5. The van der Waals surface area contributed by atoms with Gasteiger partial charge in [0, 0.05) is 5.38 Å². The van der Waals surface area contributed by atoms with Crippen molar-refractivity contribution in [2.45, 2.75) is 39.3 Å². The monoisotopic (exact) mass is 272 g/mol. The van der Waals surface area contributed by atoms with Crippen LogP contribution in [-0.2, 0) is 22.5 Å². The summed E-state index contributed by atoms with van der Waals surface area (Å²) in [5.41, 5.74) is -0.0463. The standard InChI is InChI=1S/C11H16N2O4S/c1-11(2,3)17-10(16)12-5-8-13-7(6-18-8)4-9(14)15/h6H,4-5H2,1-3H3,(H,12,16)(H,14,15). The van der Waals surface area contributed by atoms with E-state index in [2.05, 4.69) is 10.3 Å². The summed E-state index contributed by atoms with van der Waals surface area (Å²) in [6.07, 6.45) is -0.624. The van der Waals surface area contributed by atoms with Crippen LogP contribution in [-0.4, -0.2) is 27.8 Å². The molecule has 2 N–H and O–H groups in total. The number of aliphatic carboxylic acids is 1. The molecule has 0 atom stereocenters. The first-order chi connectivity index (χ1) is 8.26. The summed E-state index contributed by atoms with van der Waals surface area (Å²) in [5, 5.41) is 13.5. The van der Waals surface area contributed by atoms with Gasteiger partial charge in [0.2, 0.25) is 0 Å². The van der Waals surface area contributed by atoms with E-state index in [9.17, 15) is 9.59 Å². The van der Waals surface area contributed by atoms with Crippen molar-refractivity contribution in [3.05, 3.63) is 16.1 Å². The zero-order valence-corrected chi connectivity index (χ0v) is 11.3. The lowest BCUT2D eigenvalue weighted by molar-refractivity contribution is -0.136. The molecule has 7 heteroatoms. The molecule has 1 aromatic rings. The number of rotatable bonds is 4. The predicted molar refractivity (Wildman–Crippen MR) is 66.5 cm³/mol. The van der Waals surface area contributed by atoms with Gasteiger partial charge in [-0.1, -0.05) is 0 Å². The Morgan fingerprint density at radius 1 is 1.50 bits per heavy atom. The molecule has 0 aliphatic carbocycles. The molecule has 0 radical (unpaired) electrons. The number of carboxylic acids is 1. The highest BCUT2D eigenvalue weighted by Gasteiger charge is 2.16. The van der Waals surface area contributed by atoms with E-state index in [1.807, 2.05) is 0 Å². The first-order valence-electron chi connectivity index (χ1n) is 5.38. The number of hydrogen-bond donors (Lipinski definition) is 2. The number of aromatic nitrogens is 1. The molecule has 0 bridgehead atoms. The molecule has 0 aromatic carbocycles. The van der Waals surface area contributed by atoms with Gasteiger partial charge in [0.25, 0.3) is 0 Å². The lowest BCUT2D eigenvalue weighted by atomic mass is 10.2. The van der Waals surface area contributed by atoms with Gasteiger partial charge in [-0.15, -0.1) is 11.3 Å². The molecule has 0 saturated heterocycles. The quantitative estimate of drug-likeness (QED) is 0.872. The van der Waals surface area contributed by atoms with Crippen molar-refractivity contribution >= 4 is 23.4 Å². The maximum absolute atomic E-state index is 11.4. The molecule has 1 heterocycles. The normalized spacial score (nSPS) is 11.1. The molecule has 6 nitrogen and oxygen atoms in total. The molecular formula is C11H16N2O4S. The van der Waals surface area contributed by atoms with Crippen LogP contribution >= 0.6 is 11.3 Å². The van der Waals surface area contributed by atoms with Crippen molar-refractivity contribution in [1.82, 2.24) is 10.3 Å². The Labute approximate surface area is 109 Å². The summed E-state index contributed by atoms with van der Waals surface area (Å²) in [7, 11) is 0. The van der Waals surface area contributed by atoms with Crippen molar-refractivity contribution in [2.75, 3.05) is 0 Å². The third-order valence-corrected chi connectivity index (χ3v) is 2.61. The molecule has 0 saturated carbocycles. The molecule has 0 unspecified atom stereocenters. The van der Waals surface area contributed by atoms with E-state index in [1.54, 1.807) is 26.2 Å². The average molecular weight is 272 g/mol. The number of carbonyl (C=O) groups is 2. The SMILES string of the molecule is CC(C)(C)OC(=O)NCc1nc(CC(=O)O)cs1. The van der Waals surface area contributed by atoms with Gasteiger partial charge in [-0.2, -0.15) is 0 Å². The van der Waals surface area contributed by atoms with E-state index in [4.69, 9.17) is 9.84 Å². The van der Waals surface area contributed by atoms with Crippen LogP contribution in [0.4, 0.5) is 4.79 Å². The van der Waals surface area contributed by atoms with Gasteiger partial charge in [0.05, 0.1) is 18.7 Å². The average Bonchev–Trinajstić information content (AvgIpc) is 2.59. The summed E-state index contributed by atoms with van der Waals surface area (Å²) in [4.78, 5) is 25.9. The van der Waals surface area contributed by atoms with Gasteiger partial charge in [0.15, 0.2) is 0 Å². The number of carboxylic acid groups (broad SMARTS) is 1.